The Kier molecular flexibility index (Phi) is 10.7. The van der Waals surface area contributed by atoms with Crippen molar-refractivity contribution in [2.75, 3.05) is 13.2 Å². The Hall–Kier alpha value is -3.45. The molecule has 36 heavy (non-hydrogen) atoms. The van der Waals surface area contributed by atoms with Crippen LogP contribution in [-0.2, 0) is 32.0 Å². The van der Waals surface area contributed by atoms with Gasteiger partial charge in [0.25, 0.3) is 0 Å². The van der Waals surface area contributed by atoms with Gasteiger partial charge in [-0.3, -0.25) is 14.4 Å². The van der Waals surface area contributed by atoms with E-state index in [2.05, 4.69) is 10.6 Å². The van der Waals surface area contributed by atoms with Crippen molar-refractivity contribution in [3.63, 3.8) is 0 Å². The summed E-state index contributed by atoms with van der Waals surface area (Å²) in [6.07, 6.45) is 5.69. The van der Waals surface area contributed by atoms with Gasteiger partial charge in [0.15, 0.2) is 0 Å². The van der Waals surface area contributed by atoms with Crippen LogP contribution in [-0.4, -0.2) is 48.2 Å². The minimum absolute atomic E-state index is 0.00576. The number of rotatable bonds is 8. The molecule has 3 N–H and O–H groups in total. The van der Waals surface area contributed by atoms with E-state index in [9.17, 15) is 19.5 Å². The summed E-state index contributed by atoms with van der Waals surface area (Å²) in [7, 11) is 0. The number of nitrogens with one attached hydrogen (secondary N) is 2. The molecule has 0 bridgehead atoms. The molecule has 4 unspecified atom stereocenters. The monoisotopic (exact) mass is 492 g/mol. The molecule has 0 radical (unpaired) electrons. The Morgan fingerprint density at radius 3 is 2.17 bits per heavy atom. The van der Waals surface area contributed by atoms with Gasteiger partial charge in [0, 0.05) is 12.5 Å². The van der Waals surface area contributed by atoms with Gasteiger partial charge in [-0.15, -0.1) is 0 Å². The lowest BCUT2D eigenvalue weighted by molar-refractivity contribution is -0.150. The Morgan fingerprint density at radius 1 is 0.972 bits per heavy atom. The number of benzene rings is 2. The second-order valence-corrected chi connectivity index (χ2v) is 9.41. The molecule has 0 spiro atoms. The molecule has 1 aliphatic rings. The number of aliphatic hydroxyl groups is 1. The van der Waals surface area contributed by atoms with E-state index in [-0.39, 0.29) is 49.4 Å². The number of amides is 2. The molecule has 1 aliphatic heterocycles. The Morgan fingerprint density at radius 2 is 1.56 bits per heavy atom. The molecule has 2 aromatic rings. The standard InChI is InChI=1S/C29H36N2O5/c1-21(19-32)30-27(33)18-24-14-8-9-15-25(16-22-10-4-2-5-11-22)29(35)36-20-26(31-28(24)34)17-23-12-6-3-7-13-23/h2-13,21,24-26,32H,14-20H2,1H3,(H,30,33)(H,31,34). The van der Waals surface area contributed by atoms with Crippen molar-refractivity contribution in [3.8, 4) is 0 Å². The Balaban J connectivity index is 1.79. The smallest absolute Gasteiger partial charge is 0.309 e. The van der Waals surface area contributed by atoms with Gasteiger partial charge in [-0.05, 0) is 43.7 Å². The number of hydrogen-bond acceptors (Lipinski definition) is 5. The largest absolute Gasteiger partial charge is 0.463 e. The average Bonchev–Trinajstić information content (AvgIpc) is 2.88. The van der Waals surface area contributed by atoms with Crippen molar-refractivity contribution in [2.45, 2.75) is 51.1 Å². The number of carbonyl (C=O) groups is 3. The summed E-state index contributed by atoms with van der Waals surface area (Å²) < 4.78 is 5.72. The number of allylic oxidation sites excluding steroid dienone is 2. The maximum absolute atomic E-state index is 13.2. The zero-order chi connectivity index (χ0) is 25.8. The fourth-order valence-corrected chi connectivity index (χ4v) is 4.24. The lowest BCUT2D eigenvalue weighted by Crippen LogP contribution is -2.45. The molecule has 7 heteroatoms. The predicted octanol–water partition coefficient (Wildman–Crippen LogP) is 2.97. The molecule has 2 amide bonds. The fourth-order valence-electron chi connectivity index (χ4n) is 4.24. The first-order valence-corrected chi connectivity index (χ1v) is 12.5. The lowest BCUT2D eigenvalue weighted by atomic mass is 9.94. The Labute approximate surface area is 212 Å². The zero-order valence-corrected chi connectivity index (χ0v) is 20.8. The molecule has 0 aliphatic carbocycles. The summed E-state index contributed by atoms with van der Waals surface area (Å²) in [6, 6.07) is 18.7. The predicted molar refractivity (Wildman–Crippen MR) is 138 cm³/mol. The molecular weight excluding hydrogens is 456 g/mol. The van der Waals surface area contributed by atoms with Gasteiger partial charge < -0.3 is 20.5 Å². The highest BCUT2D eigenvalue weighted by Gasteiger charge is 2.27. The molecule has 7 nitrogen and oxygen atoms in total. The summed E-state index contributed by atoms with van der Waals surface area (Å²) in [6.45, 7) is 1.58. The maximum atomic E-state index is 13.2. The summed E-state index contributed by atoms with van der Waals surface area (Å²) in [4.78, 5) is 38.7. The number of cyclic esters (lactones) is 1. The first-order chi connectivity index (χ1) is 17.4. The third kappa shape index (κ3) is 8.96. The lowest BCUT2D eigenvalue weighted by Gasteiger charge is -2.24. The highest BCUT2D eigenvalue weighted by molar-refractivity contribution is 5.86. The molecule has 3 rings (SSSR count). The van der Waals surface area contributed by atoms with Crippen LogP contribution in [0.5, 0.6) is 0 Å². The van der Waals surface area contributed by atoms with Gasteiger partial charge in [0.05, 0.1) is 24.5 Å². The maximum Gasteiger partial charge on any atom is 0.309 e. The van der Waals surface area contributed by atoms with Crippen LogP contribution in [0, 0.1) is 11.8 Å². The molecule has 1 heterocycles. The van der Waals surface area contributed by atoms with Gasteiger partial charge in [0.1, 0.15) is 6.61 Å². The molecule has 0 aromatic heterocycles. The SMILES string of the molecule is CC(CO)NC(=O)CC1CC=CCC(Cc2ccccc2)C(=O)OCC(Cc2ccccc2)NC1=O. The summed E-state index contributed by atoms with van der Waals surface area (Å²) in [5, 5.41) is 15.0. The van der Waals surface area contributed by atoms with E-state index < -0.39 is 12.0 Å². The van der Waals surface area contributed by atoms with Gasteiger partial charge in [-0.25, -0.2) is 0 Å². The van der Waals surface area contributed by atoms with Gasteiger partial charge in [-0.1, -0.05) is 72.8 Å². The third-order valence-electron chi connectivity index (χ3n) is 6.25. The van der Waals surface area contributed by atoms with Crippen LogP contribution in [0.3, 0.4) is 0 Å². The third-order valence-corrected chi connectivity index (χ3v) is 6.25. The molecular formula is C29H36N2O5. The fraction of sp³-hybridized carbons (Fsp3) is 0.414. The van der Waals surface area contributed by atoms with Crippen LogP contribution in [0.2, 0.25) is 0 Å². The minimum Gasteiger partial charge on any atom is -0.463 e. The van der Waals surface area contributed by atoms with Crippen LogP contribution in [0.15, 0.2) is 72.8 Å². The van der Waals surface area contributed by atoms with Crippen LogP contribution in [0.1, 0.15) is 37.3 Å². The average molecular weight is 493 g/mol. The topological polar surface area (TPSA) is 105 Å². The number of esters is 1. The van der Waals surface area contributed by atoms with E-state index in [1.54, 1.807) is 6.92 Å². The summed E-state index contributed by atoms with van der Waals surface area (Å²) in [5.41, 5.74) is 2.07. The van der Waals surface area contributed by atoms with Crippen molar-refractivity contribution < 1.29 is 24.2 Å². The quantitative estimate of drug-likeness (QED) is 0.388. The van der Waals surface area contributed by atoms with Gasteiger partial charge >= 0.3 is 5.97 Å². The molecule has 0 fully saturated rings. The highest BCUT2D eigenvalue weighted by atomic mass is 16.5. The van der Waals surface area contributed by atoms with Crippen molar-refractivity contribution in [1.82, 2.24) is 10.6 Å². The molecule has 2 aromatic carbocycles. The zero-order valence-electron chi connectivity index (χ0n) is 20.8. The summed E-state index contributed by atoms with van der Waals surface area (Å²) >= 11 is 0. The van der Waals surface area contributed by atoms with Crippen molar-refractivity contribution >= 4 is 17.8 Å². The normalized spacial score (nSPS) is 21.9. The van der Waals surface area contributed by atoms with Crippen molar-refractivity contribution in [1.29, 1.82) is 0 Å². The number of carbonyl (C=O) groups excluding carboxylic acids is 3. The van der Waals surface area contributed by atoms with Crippen LogP contribution >= 0.6 is 0 Å². The second-order valence-electron chi connectivity index (χ2n) is 9.41. The number of aliphatic hydroxyl groups excluding tert-OH is 1. The van der Waals surface area contributed by atoms with Crippen LogP contribution < -0.4 is 10.6 Å². The molecule has 0 saturated carbocycles. The first-order valence-electron chi connectivity index (χ1n) is 12.5. The van der Waals surface area contributed by atoms with E-state index in [0.717, 1.165) is 11.1 Å². The molecule has 0 saturated heterocycles. The number of hydrogen-bond donors (Lipinski definition) is 3. The van der Waals surface area contributed by atoms with Crippen LogP contribution in [0.25, 0.3) is 0 Å². The molecule has 192 valence electrons. The number of ether oxygens (including phenoxy) is 1. The Bertz CT molecular complexity index is 1010. The van der Waals surface area contributed by atoms with E-state index in [1.807, 2.05) is 72.8 Å². The summed E-state index contributed by atoms with van der Waals surface area (Å²) in [5.74, 6) is -1.75. The molecule has 4 atom stereocenters. The van der Waals surface area contributed by atoms with Crippen molar-refractivity contribution in [2.24, 2.45) is 11.8 Å². The van der Waals surface area contributed by atoms with E-state index in [1.165, 1.54) is 0 Å². The second kappa shape index (κ2) is 14.2. The first kappa shape index (κ1) is 27.1. The van der Waals surface area contributed by atoms with E-state index in [0.29, 0.717) is 25.7 Å². The van der Waals surface area contributed by atoms with Crippen LogP contribution in [0.4, 0.5) is 0 Å². The van der Waals surface area contributed by atoms with Crippen molar-refractivity contribution in [3.05, 3.63) is 83.9 Å². The highest BCUT2D eigenvalue weighted by Crippen LogP contribution is 2.19. The van der Waals surface area contributed by atoms with E-state index in [4.69, 9.17) is 4.74 Å². The van der Waals surface area contributed by atoms with E-state index >= 15 is 0 Å². The van der Waals surface area contributed by atoms with Gasteiger partial charge in [-0.2, -0.15) is 0 Å². The minimum atomic E-state index is -0.576. The van der Waals surface area contributed by atoms with Gasteiger partial charge in [0.2, 0.25) is 11.8 Å².